The van der Waals surface area contributed by atoms with Gasteiger partial charge in [0.05, 0.1) is 12.1 Å². The number of nitrogens with one attached hydrogen (secondary N) is 1. The molecule has 7 heteroatoms. The van der Waals surface area contributed by atoms with Gasteiger partial charge in [-0.05, 0) is 44.0 Å². The molecule has 3 aromatic rings. The lowest BCUT2D eigenvalue weighted by atomic mass is 10.1. The van der Waals surface area contributed by atoms with Crippen LogP contribution in [0.3, 0.4) is 0 Å². The largest absolute Gasteiger partial charge is 0.439 e. The third kappa shape index (κ3) is 5.87. The van der Waals surface area contributed by atoms with E-state index in [1.807, 2.05) is 44.2 Å². The molecule has 1 aromatic heterocycles. The number of ether oxygens (including phenoxy) is 1. The fourth-order valence-corrected chi connectivity index (χ4v) is 3.45. The van der Waals surface area contributed by atoms with Crippen molar-refractivity contribution in [2.75, 3.05) is 6.54 Å². The Balaban J connectivity index is 2.05. The normalized spacial score (nSPS) is 11.1. The summed E-state index contributed by atoms with van der Waals surface area (Å²) in [7, 11) is 1.80. The summed E-state index contributed by atoms with van der Waals surface area (Å²) in [6.07, 6.45) is 0. The molecule has 32 heavy (non-hydrogen) atoms. The van der Waals surface area contributed by atoms with Crippen LogP contribution < -0.4 is 10.1 Å². The summed E-state index contributed by atoms with van der Waals surface area (Å²) < 4.78 is 21.2. The van der Waals surface area contributed by atoms with E-state index in [0.29, 0.717) is 24.7 Å². The zero-order valence-electron chi connectivity index (χ0n) is 19.3. The van der Waals surface area contributed by atoms with E-state index >= 15 is 0 Å². The average Bonchev–Trinajstić information content (AvgIpc) is 3.04. The first-order valence-corrected chi connectivity index (χ1v) is 10.8. The van der Waals surface area contributed by atoms with E-state index in [4.69, 9.17) is 9.84 Å². The average molecular weight is 439 g/mol. The quantitative estimate of drug-likeness (QED) is 0.498. The number of amides is 2. The first-order valence-electron chi connectivity index (χ1n) is 10.8. The monoisotopic (exact) mass is 438 g/mol. The van der Waals surface area contributed by atoms with Crippen molar-refractivity contribution in [2.45, 2.75) is 40.3 Å². The molecular weight excluding hydrogens is 407 g/mol. The highest BCUT2D eigenvalue weighted by molar-refractivity contribution is 5.75. The number of hydrogen-bond donors (Lipinski definition) is 1. The Hall–Kier alpha value is -3.35. The topological polar surface area (TPSA) is 59.4 Å². The summed E-state index contributed by atoms with van der Waals surface area (Å²) >= 11 is 0. The second-order valence-corrected chi connectivity index (χ2v) is 8.56. The number of nitrogens with zero attached hydrogens (tertiary/aromatic N) is 3. The van der Waals surface area contributed by atoms with E-state index in [1.165, 1.54) is 12.1 Å². The Morgan fingerprint density at radius 3 is 2.34 bits per heavy atom. The van der Waals surface area contributed by atoms with Crippen LogP contribution in [0, 0.1) is 11.7 Å². The van der Waals surface area contributed by atoms with Crippen LogP contribution in [0.15, 0.2) is 54.6 Å². The second kappa shape index (κ2) is 10.3. The Morgan fingerprint density at radius 1 is 1.09 bits per heavy atom. The highest BCUT2D eigenvalue weighted by atomic mass is 19.1. The van der Waals surface area contributed by atoms with Gasteiger partial charge in [-0.15, -0.1) is 0 Å². The fourth-order valence-electron chi connectivity index (χ4n) is 3.45. The Bertz CT molecular complexity index is 1030. The molecule has 0 aliphatic heterocycles. The first-order chi connectivity index (χ1) is 15.2. The number of rotatable bonds is 8. The maximum absolute atomic E-state index is 13.4. The first kappa shape index (κ1) is 23.3. The van der Waals surface area contributed by atoms with Gasteiger partial charge in [-0.2, -0.15) is 5.10 Å². The number of aryl methyl sites for hydroxylation is 1. The molecule has 0 bridgehead atoms. The molecule has 6 nitrogen and oxygen atoms in total. The van der Waals surface area contributed by atoms with Gasteiger partial charge < -0.3 is 15.0 Å². The molecular formula is C25H31FN4O2. The number of aromatic nitrogens is 2. The Morgan fingerprint density at radius 2 is 1.75 bits per heavy atom. The van der Waals surface area contributed by atoms with Gasteiger partial charge in [0.1, 0.15) is 17.3 Å². The highest BCUT2D eigenvalue weighted by Crippen LogP contribution is 2.34. The number of hydrogen-bond acceptors (Lipinski definition) is 3. The molecule has 0 radical (unpaired) electrons. The van der Waals surface area contributed by atoms with Gasteiger partial charge in [0, 0.05) is 25.2 Å². The van der Waals surface area contributed by atoms with Crippen molar-refractivity contribution >= 4 is 6.03 Å². The summed E-state index contributed by atoms with van der Waals surface area (Å²) in [6.45, 7) is 8.94. The maximum atomic E-state index is 13.4. The summed E-state index contributed by atoms with van der Waals surface area (Å²) in [5.41, 5.74) is 2.47. The molecule has 1 N–H and O–H groups in total. The molecule has 0 fully saturated rings. The van der Waals surface area contributed by atoms with Crippen LogP contribution in [0.5, 0.6) is 11.6 Å². The molecule has 2 amide bonds. The van der Waals surface area contributed by atoms with Crippen molar-refractivity contribution in [1.82, 2.24) is 20.0 Å². The molecule has 0 saturated heterocycles. The Labute approximate surface area is 189 Å². The number of halogens is 1. The minimum atomic E-state index is -0.332. The van der Waals surface area contributed by atoms with Crippen molar-refractivity contribution in [3.63, 3.8) is 0 Å². The van der Waals surface area contributed by atoms with Crippen LogP contribution in [0.1, 0.15) is 33.3 Å². The molecule has 0 atom stereocenters. The standard InChI is InChI=1S/C25H31FN4O2/c1-17(2)15-30(25(31)27-18(3)4)16-22-23(19-9-7-6-8-10-19)28-29(5)24(22)32-21-13-11-20(26)12-14-21/h6-14,17-18H,15-16H2,1-5H3,(H,27,31). The van der Waals surface area contributed by atoms with Crippen molar-refractivity contribution in [2.24, 2.45) is 13.0 Å². The van der Waals surface area contributed by atoms with Crippen LogP contribution in [0.4, 0.5) is 9.18 Å². The fraction of sp³-hybridized carbons (Fsp3) is 0.360. The summed E-state index contributed by atoms with van der Waals surface area (Å²) in [4.78, 5) is 14.7. The van der Waals surface area contributed by atoms with Crippen molar-refractivity contribution in [3.8, 4) is 22.9 Å². The van der Waals surface area contributed by atoms with Gasteiger partial charge in [0.15, 0.2) is 0 Å². The van der Waals surface area contributed by atoms with Crippen LogP contribution in [-0.4, -0.2) is 33.3 Å². The lowest BCUT2D eigenvalue weighted by Gasteiger charge is -2.26. The van der Waals surface area contributed by atoms with Crippen LogP contribution in [0.2, 0.25) is 0 Å². The molecule has 0 unspecified atom stereocenters. The lowest BCUT2D eigenvalue weighted by Crippen LogP contribution is -2.44. The van der Waals surface area contributed by atoms with E-state index in [-0.39, 0.29) is 23.8 Å². The Kier molecular flexibility index (Phi) is 7.51. The summed E-state index contributed by atoms with van der Waals surface area (Å²) in [5, 5.41) is 7.69. The van der Waals surface area contributed by atoms with Crippen molar-refractivity contribution in [1.29, 1.82) is 0 Å². The van der Waals surface area contributed by atoms with Crippen molar-refractivity contribution in [3.05, 3.63) is 66.0 Å². The number of benzene rings is 2. The zero-order valence-corrected chi connectivity index (χ0v) is 19.3. The predicted molar refractivity (Wildman–Crippen MR) is 124 cm³/mol. The third-order valence-corrected chi connectivity index (χ3v) is 4.80. The molecule has 0 aliphatic carbocycles. The summed E-state index contributed by atoms with van der Waals surface area (Å²) in [6, 6.07) is 15.6. The van der Waals surface area contributed by atoms with Crippen LogP contribution in [-0.2, 0) is 13.6 Å². The zero-order chi connectivity index (χ0) is 23.3. The lowest BCUT2D eigenvalue weighted by molar-refractivity contribution is 0.185. The third-order valence-electron chi connectivity index (χ3n) is 4.80. The summed E-state index contributed by atoms with van der Waals surface area (Å²) in [5.74, 6) is 0.964. The van der Waals surface area contributed by atoms with Crippen LogP contribution in [0.25, 0.3) is 11.3 Å². The second-order valence-electron chi connectivity index (χ2n) is 8.56. The van der Waals surface area contributed by atoms with E-state index in [1.54, 1.807) is 28.8 Å². The van der Waals surface area contributed by atoms with E-state index < -0.39 is 0 Å². The molecule has 0 aliphatic rings. The van der Waals surface area contributed by atoms with E-state index in [0.717, 1.165) is 16.8 Å². The van der Waals surface area contributed by atoms with E-state index in [2.05, 4.69) is 19.2 Å². The molecule has 170 valence electrons. The molecule has 1 heterocycles. The molecule has 2 aromatic carbocycles. The number of urea groups is 1. The highest BCUT2D eigenvalue weighted by Gasteiger charge is 2.25. The smallest absolute Gasteiger partial charge is 0.317 e. The molecule has 0 spiro atoms. The van der Waals surface area contributed by atoms with Crippen LogP contribution >= 0.6 is 0 Å². The van der Waals surface area contributed by atoms with E-state index in [9.17, 15) is 9.18 Å². The predicted octanol–water partition coefficient (Wildman–Crippen LogP) is 5.59. The minimum Gasteiger partial charge on any atom is -0.439 e. The van der Waals surface area contributed by atoms with Gasteiger partial charge in [0.25, 0.3) is 0 Å². The molecule has 3 rings (SSSR count). The number of carbonyl (C=O) groups is 1. The van der Waals surface area contributed by atoms with Gasteiger partial charge in [-0.3, -0.25) is 0 Å². The minimum absolute atomic E-state index is 0.0228. The van der Waals surface area contributed by atoms with Crippen molar-refractivity contribution < 1.29 is 13.9 Å². The number of carbonyl (C=O) groups excluding carboxylic acids is 1. The SMILES string of the molecule is CC(C)CN(Cc1c(-c2ccccc2)nn(C)c1Oc1ccc(F)cc1)C(=O)NC(C)C. The van der Waals surface area contributed by atoms with Gasteiger partial charge >= 0.3 is 6.03 Å². The van der Waals surface area contributed by atoms with Gasteiger partial charge in [0.2, 0.25) is 5.88 Å². The van der Waals surface area contributed by atoms with Gasteiger partial charge in [-0.1, -0.05) is 44.2 Å². The van der Waals surface area contributed by atoms with Gasteiger partial charge in [-0.25, -0.2) is 13.9 Å². The maximum Gasteiger partial charge on any atom is 0.317 e. The molecule has 0 saturated carbocycles.